The lowest BCUT2D eigenvalue weighted by molar-refractivity contribution is 0.216. The Morgan fingerprint density at radius 2 is 2.00 bits per heavy atom. The number of ether oxygens (including phenoxy) is 2. The highest BCUT2D eigenvalue weighted by molar-refractivity contribution is 5.75. The summed E-state index contributed by atoms with van der Waals surface area (Å²) in [5.74, 6) is 0.460. The van der Waals surface area contributed by atoms with E-state index in [0.29, 0.717) is 12.3 Å². The number of carbonyl (C=O) groups is 1. The third kappa shape index (κ3) is 4.21. The predicted molar refractivity (Wildman–Crippen MR) is 77.6 cm³/mol. The Hall–Kier alpha value is -2.05. The van der Waals surface area contributed by atoms with Crippen molar-refractivity contribution in [2.45, 2.75) is 44.7 Å². The molecule has 1 fully saturated rings. The Morgan fingerprint density at radius 1 is 1.24 bits per heavy atom. The number of urea groups is 1. The van der Waals surface area contributed by atoms with Crippen molar-refractivity contribution in [2.75, 3.05) is 14.2 Å². The number of methoxy groups -OCH3 is 2. The van der Waals surface area contributed by atoms with Gasteiger partial charge in [0.15, 0.2) is 0 Å². The first-order valence-corrected chi connectivity index (χ1v) is 7.17. The lowest BCUT2D eigenvalue weighted by atomic mass is 9.97. The van der Waals surface area contributed by atoms with Crippen LogP contribution in [0.15, 0.2) is 6.07 Å². The minimum atomic E-state index is -0.113. The fraction of sp³-hybridized carbons (Fsp3) is 0.643. The van der Waals surface area contributed by atoms with Gasteiger partial charge in [-0.15, -0.1) is 0 Å². The van der Waals surface area contributed by atoms with Crippen molar-refractivity contribution in [1.82, 2.24) is 20.6 Å². The number of aromatic nitrogens is 2. The molecule has 0 bridgehead atoms. The van der Waals surface area contributed by atoms with Gasteiger partial charge in [-0.25, -0.2) is 4.79 Å². The van der Waals surface area contributed by atoms with Gasteiger partial charge in [0.25, 0.3) is 0 Å². The number of nitrogens with one attached hydrogen (secondary N) is 2. The van der Waals surface area contributed by atoms with Gasteiger partial charge in [0, 0.05) is 24.6 Å². The molecule has 7 nitrogen and oxygen atoms in total. The van der Waals surface area contributed by atoms with Gasteiger partial charge >= 0.3 is 12.0 Å². The van der Waals surface area contributed by atoms with Crippen LogP contribution in [0.25, 0.3) is 0 Å². The average Bonchev–Trinajstić information content (AvgIpc) is 2.46. The van der Waals surface area contributed by atoms with E-state index in [4.69, 9.17) is 9.47 Å². The Bertz CT molecular complexity index is 473. The second-order valence-electron chi connectivity index (χ2n) is 5.13. The maximum absolute atomic E-state index is 11.7. The molecular weight excluding hydrogens is 272 g/mol. The van der Waals surface area contributed by atoms with Crippen molar-refractivity contribution in [1.29, 1.82) is 0 Å². The minimum absolute atomic E-state index is 0.0552. The molecule has 0 radical (unpaired) electrons. The molecule has 2 heterocycles. The summed E-state index contributed by atoms with van der Waals surface area (Å²) in [5.41, 5.74) is 0.793. The fourth-order valence-corrected chi connectivity index (χ4v) is 2.55. The van der Waals surface area contributed by atoms with Crippen molar-refractivity contribution in [3.8, 4) is 11.9 Å². The molecule has 1 aromatic rings. The van der Waals surface area contributed by atoms with Crippen LogP contribution < -0.4 is 20.1 Å². The van der Waals surface area contributed by atoms with Gasteiger partial charge in [0.05, 0.1) is 19.9 Å². The summed E-state index contributed by atoms with van der Waals surface area (Å²) in [6, 6.07) is 2.21. The standard InChI is InChI=1S/C14H22N4O3/c1-4-5-9-6-10(16-13(19)15-9)7-11-8-12(20-2)18-14(17-11)21-3/h8-10H,4-7H2,1-3H3,(H2,15,16,19)/t9-,10-/m1/s1. The molecule has 2 rings (SSSR count). The molecular formula is C14H22N4O3. The summed E-state index contributed by atoms with van der Waals surface area (Å²) < 4.78 is 10.2. The van der Waals surface area contributed by atoms with Crippen molar-refractivity contribution in [2.24, 2.45) is 0 Å². The SMILES string of the molecule is CCC[C@@H]1C[C@H](Cc2cc(OC)nc(OC)n2)NC(=O)N1. The summed E-state index contributed by atoms with van der Waals surface area (Å²) in [5, 5.41) is 5.88. The molecule has 116 valence electrons. The molecule has 0 aromatic carbocycles. The molecule has 2 amide bonds. The summed E-state index contributed by atoms with van der Waals surface area (Å²) in [7, 11) is 3.07. The number of amides is 2. The molecule has 2 atom stereocenters. The lowest BCUT2D eigenvalue weighted by Crippen LogP contribution is -2.55. The zero-order chi connectivity index (χ0) is 15.2. The van der Waals surface area contributed by atoms with Crippen LogP contribution >= 0.6 is 0 Å². The third-order valence-electron chi connectivity index (χ3n) is 3.46. The molecule has 0 aliphatic carbocycles. The Labute approximate surface area is 124 Å². The minimum Gasteiger partial charge on any atom is -0.481 e. The van der Waals surface area contributed by atoms with Crippen LogP contribution in [0, 0.1) is 0 Å². The first-order valence-electron chi connectivity index (χ1n) is 7.17. The number of rotatable bonds is 6. The van der Waals surface area contributed by atoms with Crippen LogP contribution in [-0.2, 0) is 6.42 Å². The molecule has 21 heavy (non-hydrogen) atoms. The van der Waals surface area contributed by atoms with Gasteiger partial charge in [-0.05, 0) is 12.8 Å². The predicted octanol–water partition coefficient (Wildman–Crippen LogP) is 1.28. The molecule has 0 unspecified atom stereocenters. The highest BCUT2D eigenvalue weighted by atomic mass is 16.5. The van der Waals surface area contributed by atoms with E-state index in [2.05, 4.69) is 27.5 Å². The van der Waals surface area contributed by atoms with E-state index in [1.165, 1.54) is 7.11 Å². The number of hydrogen-bond acceptors (Lipinski definition) is 5. The smallest absolute Gasteiger partial charge is 0.319 e. The van der Waals surface area contributed by atoms with Crippen LogP contribution in [0.4, 0.5) is 4.79 Å². The van der Waals surface area contributed by atoms with E-state index in [-0.39, 0.29) is 24.1 Å². The van der Waals surface area contributed by atoms with E-state index >= 15 is 0 Å². The van der Waals surface area contributed by atoms with Gasteiger partial charge in [-0.2, -0.15) is 9.97 Å². The van der Waals surface area contributed by atoms with Gasteiger partial charge in [-0.1, -0.05) is 13.3 Å². The van der Waals surface area contributed by atoms with Crippen molar-refractivity contribution < 1.29 is 14.3 Å². The topological polar surface area (TPSA) is 85.4 Å². The molecule has 0 saturated carbocycles. The summed E-state index contributed by atoms with van der Waals surface area (Å²) >= 11 is 0. The average molecular weight is 294 g/mol. The van der Waals surface area contributed by atoms with Gasteiger partial charge in [-0.3, -0.25) is 0 Å². The van der Waals surface area contributed by atoms with Crippen molar-refractivity contribution >= 4 is 6.03 Å². The van der Waals surface area contributed by atoms with Crippen LogP contribution in [0.2, 0.25) is 0 Å². The molecule has 7 heteroatoms. The summed E-state index contributed by atoms with van der Waals surface area (Å²) in [6.07, 6.45) is 3.55. The van der Waals surface area contributed by atoms with E-state index in [1.807, 2.05) is 0 Å². The summed E-state index contributed by atoms with van der Waals surface area (Å²) in [6.45, 7) is 2.11. The highest BCUT2D eigenvalue weighted by Crippen LogP contribution is 2.18. The van der Waals surface area contributed by atoms with Gasteiger partial charge in [0.1, 0.15) is 0 Å². The molecule has 1 saturated heterocycles. The Kier molecular flexibility index (Phi) is 5.19. The van der Waals surface area contributed by atoms with Crippen LogP contribution in [0.5, 0.6) is 11.9 Å². The summed E-state index contributed by atoms with van der Waals surface area (Å²) in [4.78, 5) is 20.1. The Balaban J connectivity index is 2.07. The molecule has 2 N–H and O–H groups in total. The van der Waals surface area contributed by atoms with E-state index in [9.17, 15) is 4.79 Å². The first kappa shape index (κ1) is 15.3. The quantitative estimate of drug-likeness (QED) is 0.825. The molecule has 1 aliphatic heterocycles. The van der Waals surface area contributed by atoms with Gasteiger partial charge < -0.3 is 20.1 Å². The number of nitrogens with zero attached hydrogens (tertiary/aromatic N) is 2. The Morgan fingerprint density at radius 3 is 2.67 bits per heavy atom. The normalized spacial score (nSPS) is 21.4. The van der Waals surface area contributed by atoms with Crippen LogP contribution in [0.1, 0.15) is 31.9 Å². The number of hydrogen-bond donors (Lipinski definition) is 2. The maximum Gasteiger partial charge on any atom is 0.319 e. The number of carbonyl (C=O) groups excluding carboxylic acids is 1. The van der Waals surface area contributed by atoms with Crippen LogP contribution in [-0.4, -0.2) is 42.3 Å². The monoisotopic (exact) mass is 294 g/mol. The molecule has 1 aromatic heterocycles. The lowest BCUT2D eigenvalue weighted by Gasteiger charge is -2.31. The van der Waals surface area contributed by atoms with Gasteiger partial charge in [0.2, 0.25) is 5.88 Å². The zero-order valence-electron chi connectivity index (χ0n) is 12.7. The fourth-order valence-electron chi connectivity index (χ4n) is 2.55. The molecule has 1 aliphatic rings. The van der Waals surface area contributed by atoms with E-state index in [0.717, 1.165) is 25.0 Å². The first-order chi connectivity index (χ1) is 10.1. The van der Waals surface area contributed by atoms with Crippen LogP contribution in [0.3, 0.4) is 0 Å². The van der Waals surface area contributed by atoms with Crippen molar-refractivity contribution in [3.63, 3.8) is 0 Å². The van der Waals surface area contributed by atoms with E-state index in [1.54, 1.807) is 13.2 Å². The second kappa shape index (κ2) is 7.10. The molecule has 0 spiro atoms. The maximum atomic E-state index is 11.7. The highest BCUT2D eigenvalue weighted by Gasteiger charge is 2.25. The van der Waals surface area contributed by atoms with E-state index < -0.39 is 0 Å². The zero-order valence-corrected chi connectivity index (χ0v) is 12.7. The third-order valence-corrected chi connectivity index (χ3v) is 3.46. The van der Waals surface area contributed by atoms with Crippen molar-refractivity contribution in [3.05, 3.63) is 11.8 Å². The second-order valence-corrected chi connectivity index (χ2v) is 5.13. The largest absolute Gasteiger partial charge is 0.481 e.